The summed E-state index contributed by atoms with van der Waals surface area (Å²) in [5.74, 6) is 1.51. The Balaban J connectivity index is 1.44. The van der Waals surface area contributed by atoms with Crippen LogP contribution in [0.25, 0.3) is 17.0 Å². The van der Waals surface area contributed by atoms with Gasteiger partial charge in [-0.05, 0) is 41.0 Å². The largest absolute Gasteiger partial charge is 0.447 e. The van der Waals surface area contributed by atoms with E-state index in [0.717, 1.165) is 23.1 Å². The predicted molar refractivity (Wildman–Crippen MR) is 92.8 cm³/mol. The molecule has 4 aliphatic rings. The summed E-state index contributed by atoms with van der Waals surface area (Å²) < 4.78 is 10.4. The van der Waals surface area contributed by atoms with Gasteiger partial charge in [-0.3, -0.25) is 4.90 Å². The second-order valence-electron chi connectivity index (χ2n) is 7.37. The van der Waals surface area contributed by atoms with Gasteiger partial charge in [0.25, 0.3) is 0 Å². The smallest absolute Gasteiger partial charge is 0.411 e. The molecule has 0 spiro atoms. The molecule has 8 nitrogen and oxygen atoms in total. The zero-order valence-corrected chi connectivity index (χ0v) is 14.3. The summed E-state index contributed by atoms with van der Waals surface area (Å²) in [6, 6.07) is 8.74. The quantitative estimate of drug-likeness (QED) is 0.877. The van der Waals surface area contributed by atoms with E-state index in [0.29, 0.717) is 30.8 Å². The van der Waals surface area contributed by atoms with Gasteiger partial charge >= 0.3 is 12.1 Å². The van der Waals surface area contributed by atoms with Gasteiger partial charge in [-0.2, -0.15) is 10.2 Å². The first-order chi connectivity index (χ1) is 13.2. The molecule has 8 heteroatoms. The lowest BCUT2D eigenvalue weighted by atomic mass is 9.93. The van der Waals surface area contributed by atoms with E-state index >= 15 is 0 Å². The van der Waals surface area contributed by atoms with Crippen LogP contribution < -0.4 is 5.32 Å². The van der Waals surface area contributed by atoms with Crippen molar-refractivity contribution >= 4 is 17.7 Å². The summed E-state index contributed by atoms with van der Waals surface area (Å²) in [6.45, 7) is 0.866. The summed E-state index contributed by atoms with van der Waals surface area (Å²) in [4.78, 5) is 18.1. The molecule has 0 radical (unpaired) electrons. The molecule has 1 unspecified atom stereocenters. The number of hydrogen-bond acceptors (Lipinski definition) is 7. The van der Waals surface area contributed by atoms with Crippen molar-refractivity contribution in [3.05, 3.63) is 35.4 Å². The SMILES string of the molecule is N#C[C@H]1[C@H]2C=C(c3ccc4cc3-c3noc(n3)NC4N3CCOC3=O)C[C@H]12. The number of aromatic nitrogens is 2. The number of anilines is 1. The Morgan fingerprint density at radius 1 is 1.33 bits per heavy atom. The first kappa shape index (κ1) is 14.8. The van der Waals surface area contributed by atoms with Crippen molar-refractivity contribution in [3.63, 3.8) is 0 Å². The molecular formula is C19H15N5O3. The Morgan fingerprint density at radius 3 is 3.00 bits per heavy atom. The van der Waals surface area contributed by atoms with Gasteiger partial charge in [0.1, 0.15) is 12.8 Å². The van der Waals surface area contributed by atoms with E-state index in [-0.39, 0.29) is 18.0 Å². The number of nitriles is 1. The number of hydrogen-bond donors (Lipinski definition) is 1. The van der Waals surface area contributed by atoms with Crippen molar-refractivity contribution in [2.45, 2.75) is 12.6 Å². The van der Waals surface area contributed by atoms with Gasteiger partial charge in [0.2, 0.25) is 5.82 Å². The number of amides is 1. The normalized spacial score (nSPS) is 29.8. The fourth-order valence-corrected chi connectivity index (χ4v) is 4.51. The van der Waals surface area contributed by atoms with Crippen LogP contribution in [0.2, 0.25) is 0 Å². The van der Waals surface area contributed by atoms with Crippen LogP contribution in [0.3, 0.4) is 0 Å². The molecule has 1 amide bonds. The lowest BCUT2D eigenvalue weighted by Gasteiger charge is -2.27. The Hall–Kier alpha value is -3.34. The van der Waals surface area contributed by atoms with Gasteiger partial charge in [-0.15, -0.1) is 0 Å². The lowest BCUT2D eigenvalue weighted by Crippen LogP contribution is -2.35. The summed E-state index contributed by atoms with van der Waals surface area (Å²) >= 11 is 0. The highest BCUT2D eigenvalue weighted by molar-refractivity contribution is 5.82. The number of benzene rings is 1. The molecule has 2 aliphatic heterocycles. The lowest BCUT2D eigenvalue weighted by molar-refractivity contribution is 0.150. The number of carbonyl (C=O) groups is 1. The number of cyclic esters (lactones) is 1. The number of rotatable bonds is 2. The third kappa shape index (κ3) is 2.05. The third-order valence-corrected chi connectivity index (χ3v) is 5.96. The molecular weight excluding hydrogens is 346 g/mol. The highest BCUT2D eigenvalue weighted by Crippen LogP contribution is 2.58. The van der Waals surface area contributed by atoms with Gasteiger partial charge in [-0.25, -0.2) is 4.79 Å². The van der Waals surface area contributed by atoms with Crippen molar-refractivity contribution in [3.8, 4) is 17.5 Å². The number of fused-ring (bicyclic) bond motifs is 6. The van der Waals surface area contributed by atoms with Gasteiger partial charge < -0.3 is 14.6 Å². The molecule has 1 saturated carbocycles. The van der Waals surface area contributed by atoms with Crippen molar-refractivity contribution in [1.29, 1.82) is 5.26 Å². The van der Waals surface area contributed by atoms with Crippen molar-refractivity contribution in [2.24, 2.45) is 17.8 Å². The zero-order valence-electron chi connectivity index (χ0n) is 14.3. The summed E-state index contributed by atoms with van der Waals surface area (Å²) in [6.07, 6.45) is 2.34. The molecule has 2 fully saturated rings. The van der Waals surface area contributed by atoms with E-state index in [1.54, 1.807) is 4.90 Å². The van der Waals surface area contributed by atoms with E-state index in [4.69, 9.17) is 14.5 Å². The molecule has 134 valence electrons. The van der Waals surface area contributed by atoms with E-state index < -0.39 is 6.17 Å². The second-order valence-corrected chi connectivity index (χ2v) is 7.37. The molecule has 6 rings (SSSR count). The molecule has 4 bridgehead atoms. The Kier molecular flexibility index (Phi) is 2.79. The maximum absolute atomic E-state index is 12.1. The summed E-state index contributed by atoms with van der Waals surface area (Å²) in [5, 5.41) is 16.4. The molecule has 1 aromatic heterocycles. The molecule has 1 N–H and O–H groups in total. The van der Waals surface area contributed by atoms with Crippen molar-refractivity contribution in [2.75, 3.05) is 18.5 Å². The first-order valence-corrected chi connectivity index (χ1v) is 9.01. The average Bonchev–Trinajstić information content (AvgIpc) is 3.15. The summed E-state index contributed by atoms with van der Waals surface area (Å²) in [5.41, 5.74) is 4.12. The van der Waals surface area contributed by atoms with E-state index in [9.17, 15) is 4.79 Å². The fourth-order valence-electron chi connectivity index (χ4n) is 4.51. The number of carbonyl (C=O) groups excluding carboxylic acids is 1. The molecule has 3 heterocycles. The zero-order chi connectivity index (χ0) is 18.1. The molecule has 1 aromatic carbocycles. The minimum absolute atomic E-state index is 0.168. The average molecular weight is 361 g/mol. The maximum atomic E-state index is 12.1. The Bertz CT molecular complexity index is 1050. The maximum Gasteiger partial charge on any atom is 0.411 e. The van der Waals surface area contributed by atoms with Crippen LogP contribution in [0.15, 0.2) is 28.8 Å². The summed E-state index contributed by atoms with van der Waals surface area (Å²) in [7, 11) is 0. The Morgan fingerprint density at radius 2 is 2.26 bits per heavy atom. The van der Waals surface area contributed by atoms with E-state index in [1.807, 2.05) is 12.1 Å². The first-order valence-electron chi connectivity index (χ1n) is 9.01. The number of allylic oxidation sites excluding steroid dienone is 2. The fraction of sp³-hybridized carbons (Fsp3) is 0.368. The standard InChI is InChI=1S/C19H15N5O3/c20-8-15-12-6-10(7-13(12)15)11-2-1-9-5-14(11)16-21-18(27-23-16)22-17(9)24-3-4-26-19(24)25/h1-2,5-6,12-13,15,17H,3-4,7H2,(H,21,22,23)/t12-,13-,15-,17?/m0/s1. The molecule has 27 heavy (non-hydrogen) atoms. The van der Waals surface area contributed by atoms with Crippen LogP contribution in [-0.4, -0.2) is 34.3 Å². The third-order valence-electron chi connectivity index (χ3n) is 5.96. The van der Waals surface area contributed by atoms with Crippen LogP contribution in [0, 0.1) is 29.1 Å². The van der Waals surface area contributed by atoms with Gasteiger partial charge in [0, 0.05) is 5.56 Å². The van der Waals surface area contributed by atoms with Crippen LogP contribution in [-0.2, 0) is 4.74 Å². The second kappa shape index (κ2) is 5.10. The minimum Gasteiger partial charge on any atom is -0.447 e. The minimum atomic E-state index is -0.421. The van der Waals surface area contributed by atoms with Gasteiger partial charge in [0.15, 0.2) is 0 Å². The molecule has 2 aliphatic carbocycles. The van der Waals surface area contributed by atoms with E-state index in [2.05, 4.69) is 33.7 Å². The van der Waals surface area contributed by atoms with Gasteiger partial charge in [0.05, 0.1) is 18.5 Å². The monoisotopic (exact) mass is 361 g/mol. The highest BCUT2D eigenvalue weighted by atomic mass is 16.6. The topological polar surface area (TPSA) is 104 Å². The molecule has 1 saturated heterocycles. The van der Waals surface area contributed by atoms with Crippen LogP contribution in [0.1, 0.15) is 23.7 Å². The Labute approximate surface area is 154 Å². The van der Waals surface area contributed by atoms with Crippen LogP contribution in [0.5, 0.6) is 0 Å². The van der Waals surface area contributed by atoms with Crippen LogP contribution >= 0.6 is 0 Å². The van der Waals surface area contributed by atoms with Crippen molar-refractivity contribution < 1.29 is 14.1 Å². The molecule has 4 atom stereocenters. The highest BCUT2D eigenvalue weighted by Gasteiger charge is 2.53. The van der Waals surface area contributed by atoms with E-state index in [1.165, 1.54) is 5.57 Å². The molecule has 2 aromatic rings. The number of nitrogens with one attached hydrogen (secondary N) is 1. The van der Waals surface area contributed by atoms with Gasteiger partial charge in [-0.1, -0.05) is 23.4 Å². The van der Waals surface area contributed by atoms with Crippen LogP contribution in [0.4, 0.5) is 10.8 Å². The van der Waals surface area contributed by atoms with Crippen molar-refractivity contribution in [1.82, 2.24) is 15.0 Å². The number of ether oxygens (including phenoxy) is 1. The number of nitrogens with zero attached hydrogens (tertiary/aromatic N) is 4. The predicted octanol–water partition coefficient (Wildman–Crippen LogP) is 2.79.